The van der Waals surface area contributed by atoms with E-state index in [2.05, 4.69) is 4.98 Å². The molecule has 1 aliphatic heterocycles. The van der Waals surface area contributed by atoms with Gasteiger partial charge in [-0.2, -0.15) is 0 Å². The van der Waals surface area contributed by atoms with Crippen molar-refractivity contribution in [2.24, 2.45) is 0 Å². The van der Waals surface area contributed by atoms with Crippen molar-refractivity contribution < 1.29 is 28.2 Å². The van der Waals surface area contributed by atoms with Gasteiger partial charge in [0.1, 0.15) is 29.2 Å². The molecule has 8 heteroatoms. The summed E-state index contributed by atoms with van der Waals surface area (Å²) in [4.78, 5) is 31.3. The number of aliphatic hydroxyl groups excluding tert-OH is 1. The minimum Gasteiger partial charge on any atom is -0.507 e. The summed E-state index contributed by atoms with van der Waals surface area (Å²) >= 11 is 0. The first kappa shape index (κ1) is 22.1. The fourth-order valence-corrected chi connectivity index (χ4v) is 4.12. The Morgan fingerprint density at radius 1 is 1.09 bits per heavy atom. The molecule has 0 spiro atoms. The third-order valence-corrected chi connectivity index (χ3v) is 5.46. The molecule has 1 amide bonds. The van der Waals surface area contributed by atoms with Crippen LogP contribution in [0.15, 0.2) is 60.3 Å². The normalized spacial score (nSPS) is 17.5. The molecular weight excluding hydrogens is 430 g/mol. The average molecular weight is 450 g/mol. The Balaban J connectivity index is 2.03. The lowest BCUT2D eigenvalue weighted by atomic mass is 9.95. The van der Waals surface area contributed by atoms with Crippen molar-refractivity contribution in [3.05, 3.63) is 94.3 Å². The first-order chi connectivity index (χ1) is 15.7. The maximum atomic E-state index is 14.7. The zero-order valence-electron chi connectivity index (χ0n) is 18.1. The van der Waals surface area contributed by atoms with Crippen LogP contribution in [0.4, 0.5) is 14.5 Å². The Morgan fingerprint density at radius 2 is 1.85 bits per heavy atom. The fourth-order valence-electron chi connectivity index (χ4n) is 4.12. The van der Waals surface area contributed by atoms with Crippen LogP contribution in [-0.2, 0) is 9.59 Å². The molecule has 33 heavy (non-hydrogen) atoms. The van der Waals surface area contributed by atoms with Crippen LogP contribution in [0.25, 0.3) is 5.76 Å². The van der Waals surface area contributed by atoms with Crippen molar-refractivity contribution in [1.82, 2.24) is 4.98 Å². The SMILES string of the molecule is COc1c(C)cc(C)cc1/C(O)=C1\C(=O)C(=O)N(c2cc(F)ccc2F)C1c1ccccn1. The standard InChI is InChI=1S/C25H20F2N2O4/c1-13-10-14(2)24(33-3)16(11-13)22(30)20-21(18-6-4-5-9-28-18)29(25(32)23(20)31)19-12-15(26)7-8-17(19)27/h4-12,21,30H,1-3H3/b22-20+. The maximum absolute atomic E-state index is 14.7. The topological polar surface area (TPSA) is 79.7 Å². The Morgan fingerprint density at radius 3 is 2.52 bits per heavy atom. The van der Waals surface area contributed by atoms with Gasteiger partial charge in [-0.25, -0.2) is 8.78 Å². The minimum absolute atomic E-state index is 0.199. The van der Waals surface area contributed by atoms with E-state index < -0.39 is 40.8 Å². The largest absolute Gasteiger partial charge is 0.507 e. The third kappa shape index (κ3) is 3.73. The second kappa shape index (κ2) is 8.46. The zero-order chi connectivity index (χ0) is 23.9. The number of nitrogens with zero attached hydrogens (tertiary/aromatic N) is 2. The Kier molecular flexibility index (Phi) is 5.68. The number of aryl methyl sites for hydroxylation is 2. The molecule has 1 N–H and O–H groups in total. The Hall–Kier alpha value is -4.07. The van der Waals surface area contributed by atoms with Crippen LogP contribution in [-0.4, -0.2) is 28.9 Å². The molecule has 3 aromatic rings. The Bertz CT molecular complexity index is 1310. The molecule has 168 valence electrons. The van der Waals surface area contributed by atoms with Crippen molar-refractivity contribution in [3.8, 4) is 5.75 Å². The highest BCUT2D eigenvalue weighted by molar-refractivity contribution is 6.51. The van der Waals surface area contributed by atoms with Gasteiger partial charge in [0.15, 0.2) is 0 Å². The highest BCUT2D eigenvalue weighted by atomic mass is 19.1. The smallest absolute Gasteiger partial charge is 0.300 e. The molecule has 1 saturated heterocycles. The van der Waals surface area contributed by atoms with Gasteiger partial charge in [-0.15, -0.1) is 0 Å². The van der Waals surface area contributed by atoms with Gasteiger partial charge in [0.2, 0.25) is 0 Å². The lowest BCUT2D eigenvalue weighted by Crippen LogP contribution is -2.30. The summed E-state index contributed by atoms with van der Waals surface area (Å²) in [5.74, 6) is -4.02. The number of carbonyl (C=O) groups is 2. The number of ketones is 1. The number of ether oxygens (including phenoxy) is 1. The highest BCUT2D eigenvalue weighted by Gasteiger charge is 2.48. The molecule has 0 saturated carbocycles. The number of pyridine rings is 1. The van der Waals surface area contributed by atoms with E-state index >= 15 is 0 Å². The third-order valence-electron chi connectivity index (χ3n) is 5.46. The highest BCUT2D eigenvalue weighted by Crippen LogP contribution is 2.44. The summed E-state index contributed by atoms with van der Waals surface area (Å²) in [5.41, 5.74) is 1.16. The van der Waals surface area contributed by atoms with Crippen LogP contribution in [0.1, 0.15) is 28.4 Å². The molecule has 2 heterocycles. The number of methoxy groups -OCH3 is 1. The predicted molar refractivity (Wildman–Crippen MR) is 118 cm³/mol. The average Bonchev–Trinajstić information content (AvgIpc) is 3.05. The van der Waals surface area contributed by atoms with Gasteiger partial charge in [0.05, 0.1) is 29.6 Å². The number of carbonyl (C=O) groups excluding carboxylic acids is 2. The molecule has 6 nitrogen and oxygen atoms in total. The summed E-state index contributed by atoms with van der Waals surface area (Å²) in [6.45, 7) is 3.58. The summed E-state index contributed by atoms with van der Waals surface area (Å²) < 4.78 is 34.1. The van der Waals surface area contributed by atoms with Crippen molar-refractivity contribution in [2.75, 3.05) is 12.0 Å². The van der Waals surface area contributed by atoms with E-state index in [-0.39, 0.29) is 16.8 Å². The van der Waals surface area contributed by atoms with Crippen LogP contribution >= 0.6 is 0 Å². The lowest BCUT2D eigenvalue weighted by molar-refractivity contribution is -0.132. The summed E-state index contributed by atoms with van der Waals surface area (Å²) in [5, 5.41) is 11.3. The number of aromatic nitrogens is 1. The molecule has 1 atom stereocenters. The van der Waals surface area contributed by atoms with Gasteiger partial charge >= 0.3 is 0 Å². The fraction of sp³-hybridized carbons (Fsp3) is 0.160. The molecular formula is C25H20F2N2O4. The number of hydrogen-bond donors (Lipinski definition) is 1. The molecule has 1 unspecified atom stereocenters. The molecule has 1 fully saturated rings. The summed E-state index contributed by atoms with van der Waals surface area (Å²) in [6.07, 6.45) is 1.44. The van der Waals surface area contributed by atoms with E-state index in [1.807, 2.05) is 6.07 Å². The van der Waals surface area contributed by atoms with Crippen LogP contribution in [0.3, 0.4) is 0 Å². The number of aliphatic hydroxyl groups is 1. The van der Waals surface area contributed by atoms with Gasteiger partial charge in [-0.3, -0.25) is 19.5 Å². The van der Waals surface area contributed by atoms with Crippen LogP contribution in [0.5, 0.6) is 5.75 Å². The van der Waals surface area contributed by atoms with E-state index in [4.69, 9.17) is 4.74 Å². The second-order valence-corrected chi connectivity index (χ2v) is 7.68. The van der Waals surface area contributed by atoms with Gasteiger partial charge in [-0.1, -0.05) is 12.1 Å². The number of anilines is 1. The monoisotopic (exact) mass is 450 g/mol. The van der Waals surface area contributed by atoms with E-state index in [0.717, 1.165) is 28.7 Å². The number of hydrogen-bond acceptors (Lipinski definition) is 5. The van der Waals surface area contributed by atoms with E-state index in [0.29, 0.717) is 11.3 Å². The lowest BCUT2D eigenvalue weighted by Gasteiger charge is -2.25. The number of benzene rings is 2. The molecule has 1 aliphatic rings. The number of rotatable bonds is 4. The predicted octanol–water partition coefficient (Wildman–Crippen LogP) is 4.61. The summed E-state index contributed by atoms with van der Waals surface area (Å²) in [6, 6.07) is 9.57. The van der Waals surface area contributed by atoms with Crippen molar-refractivity contribution in [3.63, 3.8) is 0 Å². The van der Waals surface area contributed by atoms with E-state index in [1.165, 1.54) is 19.4 Å². The molecule has 4 rings (SSSR count). The van der Waals surface area contributed by atoms with Gasteiger partial charge in [0, 0.05) is 12.3 Å². The molecule has 0 bridgehead atoms. The Labute approximate surface area is 188 Å². The number of halogens is 2. The van der Waals surface area contributed by atoms with Crippen molar-refractivity contribution >= 4 is 23.1 Å². The molecule has 1 aromatic heterocycles. The second-order valence-electron chi connectivity index (χ2n) is 7.68. The minimum atomic E-state index is -1.28. The number of amides is 1. The zero-order valence-corrected chi connectivity index (χ0v) is 18.1. The van der Waals surface area contributed by atoms with Crippen molar-refractivity contribution in [1.29, 1.82) is 0 Å². The van der Waals surface area contributed by atoms with Gasteiger partial charge in [-0.05, 0) is 55.3 Å². The van der Waals surface area contributed by atoms with E-state index in [1.54, 1.807) is 32.0 Å². The van der Waals surface area contributed by atoms with Crippen molar-refractivity contribution in [2.45, 2.75) is 19.9 Å². The van der Waals surface area contributed by atoms with Crippen LogP contribution in [0.2, 0.25) is 0 Å². The van der Waals surface area contributed by atoms with Gasteiger partial charge < -0.3 is 9.84 Å². The number of Topliss-reactive ketones (excluding diaryl/α,β-unsaturated/α-hetero) is 1. The molecule has 2 aromatic carbocycles. The quantitative estimate of drug-likeness (QED) is 0.357. The van der Waals surface area contributed by atoms with Crippen LogP contribution < -0.4 is 9.64 Å². The molecule has 0 aliphatic carbocycles. The first-order valence-electron chi connectivity index (χ1n) is 10.1. The maximum Gasteiger partial charge on any atom is 0.300 e. The first-order valence-corrected chi connectivity index (χ1v) is 10.1. The van der Waals surface area contributed by atoms with Gasteiger partial charge in [0.25, 0.3) is 11.7 Å². The summed E-state index contributed by atoms with van der Waals surface area (Å²) in [7, 11) is 1.42. The molecule has 0 radical (unpaired) electrons. The van der Waals surface area contributed by atoms with E-state index in [9.17, 15) is 23.5 Å². The van der Waals surface area contributed by atoms with Crippen LogP contribution in [0, 0.1) is 25.5 Å².